The minimum atomic E-state index is 0.519. The van der Waals surface area contributed by atoms with Gasteiger partial charge in [-0.05, 0) is 12.1 Å². The molecule has 13 heavy (non-hydrogen) atoms. The largest absolute Gasteiger partial charge is 0.461 e. The lowest BCUT2D eigenvalue weighted by molar-refractivity contribution is 0.320. The molecule has 2 aromatic rings. The smallest absolute Gasteiger partial charge is 0.134 e. The van der Waals surface area contributed by atoms with Gasteiger partial charge >= 0.3 is 0 Å². The molecule has 1 heterocycles. The van der Waals surface area contributed by atoms with Crippen molar-refractivity contribution in [2.75, 3.05) is 0 Å². The summed E-state index contributed by atoms with van der Waals surface area (Å²) in [5.74, 6) is 0.805. The normalized spacial score (nSPS) is 11.4. The number of oxime groups is 1. The molecular formula is C10H9NO2. The highest BCUT2D eigenvalue weighted by molar-refractivity contribution is 5.78. The van der Waals surface area contributed by atoms with Crippen molar-refractivity contribution in [2.24, 2.45) is 5.16 Å². The van der Waals surface area contributed by atoms with E-state index in [4.69, 9.17) is 9.62 Å². The standard InChI is InChI=1S/C10H9NO2/c12-11-6-5-9-7-8-3-1-2-4-10(8)13-9/h1-4,6-7,12H,5H2/b11-6+. The Morgan fingerprint density at radius 2 is 2.23 bits per heavy atom. The van der Waals surface area contributed by atoms with Gasteiger partial charge in [0.05, 0.1) is 6.21 Å². The third-order valence-electron chi connectivity index (χ3n) is 1.85. The number of furan rings is 1. The molecule has 3 heteroatoms. The fourth-order valence-corrected chi connectivity index (χ4v) is 1.27. The molecule has 0 aliphatic heterocycles. The van der Waals surface area contributed by atoms with Crippen LogP contribution in [0.4, 0.5) is 0 Å². The Morgan fingerprint density at radius 3 is 3.00 bits per heavy atom. The average Bonchev–Trinajstić information content (AvgIpc) is 2.57. The second kappa shape index (κ2) is 3.31. The summed E-state index contributed by atoms with van der Waals surface area (Å²) in [5, 5.41) is 12.2. The Labute approximate surface area is 75.3 Å². The van der Waals surface area contributed by atoms with Crippen molar-refractivity contribution < 1.29 is 9.62 Å². The van der Waals surface area contributed by atoms with E-state index in [9.17, 15) is 0 Å². The van der Waals surface area contributed by atoms with Crippen LogP contribution >= 0.6 is 0 Å². The highest BCUT2D eigenvalue weighted by Crippen LogP contribution is 2.18. The Kier molecular flexibility index (Phi) is 2.00. The third-order valence-corrected chi connectivity index (χ3v) is 1.85. The van der Waals surface area contributed by atoms with Crippen LogP contribution in [0.25, 0.3) is 11.0 Å². The molecule has 2 rings (SSSR count). The maximum Gasteiger partial charge on any atom is 0.134 e. The van der Waals surface area contributed by atoms with E-state index >= 15 is 0 Å². The molecule has 0 saturated heterocycles. The first kappa shape index (κ1) is 7.86. The molecule has 0 spiro atoms. The number of hydrogen-bond donors (Lipinski definition) is 1. The second-order valence-corrected chi connectivity index (χ2v) is 2.75. The van der Waals surface area contributed by atoms with E-state index < -0.39 is 0 Å². The van der Waals surface area contributed by atoms with Crippen LogP contribution in [0.15, 0.2) is 39.9 Å². The molecule has 0 fully saturated rings. The first-order valence-electron chi connectivity index (χ1n) is 4.03. The topological polar surface area (TPSA) is 45.7 Å². The van der Waals surface area contributed by atoms with Crippen molar-refractivity contribution in [2.45, 2.75) is 6.42 Å². The van der Waals surface area contributed by atoms with Gasteiger partial charge in [-0.3, -0.25) is 0 Å². The SMILES string of the molecule is O/N=C/Cc1cc2ccccc2o1. The van der Waals surface area contributed by atoms with E-state index in [2.05, 4.69) is 5.16 Å². The summed E-state index contributed by atoms with van der Waals surface area (Å²) in [6.45, 7) is 0. The van der Waals surface area contributed by atoms with Crippen molar-refractivity contribution in [1.82, 2.24) is 0 Å². The average molecular weight is 175 g/mol. The predicted molar refractivity (Wildman–Crippen MR) is 50.2 cm³/mol. The van der Waals surface area contributed by atoms with Crippen LogP contribution in [-0.4, -0.2) is 11.4 Å². The van der Waals surface area contributed by atoms with Crippen LogP contribution in [-0.2, 0) is 6.42 Å². The minimum absolute atomic E-state index is 0.519. The number of nitrogens with zero attached hydrogens (tertiary/aromatic N) is 1. The van der Waals surface area contributed by atoms with E-state index in [0.29, 0.717) is 6.42 Å². The number of rotatable bonds is 2. The minimum Gasteiger partial charge on any atom is -0.461 e. The van der Waals surface area contributed by atoms with Crippen molar-refractivity contribution in [1.29, 1.82) is 0 Å². The summed E-state index contributed by atoms with van der Waals surface area (Å²) in [6, 6.07) is 9.72. The van der Waals surface area contributed by atoms with E-state index in [0.717, 1.165) is 16.7 Å². The molecule has 0 aliphatic carbocycles. The lowest BCUT2D eigenvalue weighted by Crippen LogP contribution is -1.80. The molecule has 0 amide bonds. The van der Waals surface area contributed by atoms with Crippen molar-refractivity contribution >= 4 is 17.2 Å². The van der Waals surface area contributed by atoms with Crippen LogP contribution in [0.1, 0.15) is 5.76 Å². The van der Waals surface area contributed by atoms with Crippen LogP contribution in [0.3, 0.4) is 0 Å². The van der Waals surface area contributed by atoms with Crippen LogP contribution in [0.5, 0.6) is 0 Å². The first-order valence-corrected chi connectivity index (χ1v) is 4.03. The molecule has 0 bridgehead atoms. The number of para-hydroxylation sites is 1. The maximum atomic E-state index is 8.23. The zero-order valence-electron chi connectivity index (χ0n) is 6.97. The Balaban J connectivity index is 2.38. The van der Waals surface area contributed by atoms with E-state index in [1.54, 1.807) is 0 Å². The zero-order chi connectivity index (χ0) is 9.10. The van der Waals surface area contributed by atoms with Gasteiger partial charge in [0.25, 0.3) is 0 Å². The van der Waals surface area contributed by atoms with Crippen molar-refractivity contribution in [3.8, 4) is 0 Å². The summed E-state index contributed by atoms with van der Waals surface area (Å²) in [6.07, 6.45) is 1.92. The lowest BCUT2D eigenvalue weighted by atomic mass is 10.2. The Hall–Kier alpha value is -1.77. The fraction of sp³-hybridized carbons (Fsp3) is 0.100. The van der Waals surface area contributed by atoms with Crippen LogP contribution in [0.2, 0.25) is 0 Å². The van der Waals surface area contributed by atoms with Gasteiger partial charge in [-0.15, -0.1) is 5.16 Å². The Bertz CT molecular complexity index is 398. The molecule has 3 nitrogen and oxygen atoms in total. The summed E-state index contributed by atoms with van der Waals surface area (Å²) >= 11 is 0. The molecular weight excluding hydrogens is 166 g/mol. The van der Waals surface area contributed by atoms with Crippen LogP contribution < -0.4 is 0 Å². The zero-order valence-corrected chi connectivity index (χ0v) is 6.97. The molecule has 1 N–H and O–H groups in total. The van der Waals surface area contributed by atoms with Gasteiger partial charge < -0.3 is 9.62 Å². The molecule has 1 aromatic carbocycles. The van der Waals surface area contributed by atoms with Gasteiger partial charge in [0.15, 0.2) is 0 Å². The second-order valence-electron chi connectivity index (χ2n) is 2.75. The summed E-state index contributed by atoms with van der Waals surface area (Å²) < 4.78 is 5.47. The maximum absolute atomic E-state index is 8.23. The van der Waals surface area contributed by atoms with Crippen molar-refractivity contribution in [3.05, 3.63) is 36.1 Å². The molecule has 0 saturated carbocycles. The highest BCUT2D eigenvalue weighted by Gasteiger charge is 2.00. The summed E-state index contributed by atoms with van der Waals surface area (Å²) in [5.41, 5.74) is 0.865. The van der Waals surface area contributed by atoms with E-state index in [-0.39, 0.29) is 0 Å². The van der Waals surface area contributed by atoms with Gasteiger partial charge in [-0.1, -0.05) is 18.2 Å². The highest BCUT2D eigenvalue weighted by atomic mass is 16.4. The summed E-state index contributed by atoms with van der Waals surface area (Å²) in [4.78, 5) is 0. The van der Waals surface area contributed by atoms with E-state index in [1.165, 1.54) is 6.21 Å². The molecule has 0 unspecified atom stereocenters. The molecule has 0 radical (unpaired) electrons. The fourth-order valence-electron chi connectivity index (χ4n) is 1.27. The predicted octanol–water partition coefficient (Wildman–Crippen LogP) is 2.44. The number of hydrogen-bond acceptors (Lipinski definition) is 3. The summed E-state index contributed by atoms with van der Waals surface area (Å²) in [7, 11) is 0. The molecule has 0 atom stereocenters. The van der Waals surface area contributed by atoms with Gasteiger partial charge in [0.2, 0.25) is 0 Å². The van der Waals surface area contributed by atoms with Gasteiger partial charge in [0.1, 0.15) is 11.3 Å². The van der Waals surface area contributed by atoms with Gasteiger partial charge in [-0.25, -0.2) is 0 Å². The van der Waals surface area contributed by atoms with E-state index in [1.807, 2.05) is 30.3 Å². The first-order chi connectivity index (χ1) is 6.40. The number of fused-ring (bicyclic) bond motifs is 1. The molecule has 0 aliphatic rings. The Morgan fingerprint density at radius 1 is 1.38 bits per heavy atom. The van der Waals surface area contributed by atoms with Crippen LogP contribution in [0, 0.1) is 0 Å². The third kappa shape index (κ3) is 1.54. The van der Waals surface area contributed by atoms with Crippen molar-refractivity contribution in [3.63, 3.8) is 0 Å². The van der Waals surface area contributed by atoms with Gasteiger partial charge in [0, 0.05) is 11.8 Å². The molecule has 1 aromatic heterocycles. The molecule has 66 valence electrons. The quantitative estimate of drug-likeness (QED) is 0.433. The number of benzene rings is 1. The lowest BCUT2D eigenvalue weighted by Gasteiger charge is -1.84. The van der Waals surface area contributed by atoms with Gasteiger partial charge in [-0.2, -0.15) is 0 Å². The monoisotopic (exact) mass is 175 g/mol.